The minimum absolute atomic E-state index is 0.108. The van der Waals surface area contributed by atoms with Crippen molar-refractivity contribution in [2.45, 2.75) is 6.42 Å². The highest BCUT2D eigenvalue weighted by Crippen LogP contribution is 2.34. The molecule has 0 aliphatic carbocycles. The van der Waals surface area contributed by atoms with E-state index in [1.54, 1.807) is 37.3 Å². The van der Waals surface area contributed by atoms with Gasteiger partial charge in [0, 0.05) is 39.8 Å². The number of anilines is 1. The Morgan fingerprint density at radius 2 is 1.77 bits per heavy atom. The molecule has 7 rings (SSSR count). The third-order valence-corrected chi connectivity index (χ3v) is 6.57. The van der Waals surface area contributed by atoms with E-state index in [9.17, 15) is 4.79 Å². The summed E-state index contributed by atoms with van der Waals surface area (Å²) in [5.41, 5.74) is 8.18. The predicted molar refractivity (Wildman–Crippen MR) is 149 cm³/mol. The standard InChI is InChI=1S/C30H21N7O2/c38-28(10-18-4-2-1-3-5-18)34-21-11-20(14-31-15-21)25-12-23-27(16-33-25)36-37-30(23)26-13-22-24(35-26)6-8-32-29(22)19-7-9-39-17-19/h1-9,11-17,35H,10H2,(H,34,38)(H,36,37). The molecule has 0 saturated carbocycles. The summed E-state index contributed by atoms with van der Waals surface area (Å²) in [6.07, 6.45) is 10.5. The highest BCUT2D eigenvalue weighted by Gasteiger charge is 2.16. The van der Waals surface area contributed by atoms with Crippen LogP contribution < -0.4 is 5.32 Å². The zero-order chi connectivity index (χ0) is 26.2. The Bertz CT molecular complexity index is 1940. The van der Waals surface area contributed by atoms with Crippen LogP contribution in [0.2, 0.25) is 0 Å². The molecule has 0 radical (unpaired) electrons. The minimum atomic E-state index is -0.108. The molecule has 1 amide bonds. The third-order valence-electron chi connectivity index (χ3n) is 6.57. The van der Waals surface area contributed by atoms with Gasteiger partial charge in [-0.25, -0.2) is 0 Å². The quantitative estimate of drug-likeness (QED) is 0.251. The van der Waals surface area contributed by atoms with E-state index in [0.717, 1.165) is 55.6 Å². The maximum absolute atomic E-state index is 12.6. The zero-order valence-electron chi connectivity index (χ0n) is 20.6. The number of rotatable bonds is 6. The average molecular weight is 512 g/mol. The van der Waals surface area contributed by atoms with E-state index in [0.29, 0.717) is 11.4 Å². The second kappa shape index (κ2) is 9.38. The van der Waals surface area contributed by atoms with Crippen molar-refractivity contribution in [1.82, 2.24) is 30.1 Å². The molecule has 7 aromatic rings. The fourth-order valence-corrected chi connectivity index (χ4v) is 4.73. The largest absolute Gasteiger partial charge is 0.472 e. The Kier molecular flexibility index (Phi) is 5.44. The average Bonchev–Trinajstić information content (AvgIpc) is 3.73. The van der Waals surface area contributed by atoms with Gasteiger partial charge < -0.3 is 14.7 Å². The molecule has 0 unspecified atom stereocenters. The number of pyridine rings is 3. The van der Waals surface area contributed by atoms with Crippen LogP contribution in [0.4, 0.5) is 5.69 Å². The van der Waals surface area contributed by atoms with Gasteiger partial charge in [0.05, 0.1) is 59.6 Å². The number of furan rings is 1. The van der Waals surface area contributed by atoms with Crippen LogP contribution in [0.15, 0.2) is 102 Å². The lowest BCUT2D eigenvalue weighted by Gasteiger charge is -2.07. The molecule has 0 atom stereocenters. The summed E-state index contributed by atoms with van der Waals surface area (Å²) in [5, 5.41) is 12.5. The van der Waals surface area contributed by atoms with Gasteiger partial charge in [0.2, 0.25) is 5.91 Å². The number of aromatic amines is 2. The first-order valence-corrected chi connectivity index (χ1v) is 12.4. The smallest absolute Gasteiger partial charge is 0.228 e. The number of carbonyl (C=O) groups excluding carboxylic acids is 1. The number of hydrogen-bond donors (Lipinski definition) is 3. The van der Waals surface area contributed by atoms with Gasteiger partial charge in [-0.05, 0) is 35.9 Å². The maximum Gasteiger partial charge on any atom is 0.228 e. The third kappa shape index (κ3) is 4.31. The molecule has 6 aromatic heterocycles. The van der Waals surface area contributed by atoms with E-state index in [1.165, 1.54) is 0 Å². The number of nitrogens with zero attached hydrogens (tertiary/aromatic N) is 4. The first kappa shape index (κ1) is 22.6. The van der Waals surface area contributed by atoms with Crippen molar-refractivity contribution in [2.24, 2.45) is 0 Å². The molecule has 188 valence electrons. The van der Waals surface area contributed by atoms with Gasteiger partial charge in [0.15, 0.2) is 0 Å². The summed E-state index contributed by atoms with van der Waals surface area (Å²) in [5.74, 6) is -0.108. The Morgan fingerprint density at radius 1 is 0.872 bits per heavy atom. The van der Waals surface area contributed by atoms with Crippen LogP contribution in [-0.2, 0) is 11.2 Å². The number of benzene rings is 1. The molecule has 6 heterocycles. The number of aromatic nitrogens is 6. The molecule has 9 heteroatoms. The molecule has 0 aliphatic rings. The van der Waals surface area contributed by atoms with Crippen LogP contribution >= 0.6 is 0 Å². The molecule has 1 aromatic carbocycles. The van der Waals surface area contributed by atoms with E-state index >= 15 is 0 Å². The number of hydrogen-bond acceptors (Lipinski definition) is 6. The molecule has 0 saturated heterocycles. The van der Waals surface area contributed by atoms with Crippen LogP contribution in [0.3, 0.4) is 0 Å². The zero-order valence-corrected chi connectivity index (χ0v) is 20.6. The fourth-order valence-electron chi connectivity index (χ4n) is 4.73. The number of carbonyl (C=O) groups is 1. The summed E-state index contributed by atoms with van der Waals surface area (Å²) in [4.78, 5) is 29.5. The van der Waals surface area contributed by atoms with Crippen molar-refractivity contribution in [2.75, 3.05) is 5.32 Å². The Hall–Kier alpha value is -5.57. The van der Waals surface area contributed by atoms with Crippen molar-refractivity contribution in [3.05, 3.63) is 104 Å². The lowest BCUT2D eigenvalue weighted by atomic mass is 10.1. The Labute approximate surface area is 222 Å². The van der Waals surface area contributed by atoms with Crippen molar-refractivity contribution < 1.29 is 9.21 Å². The molecule has 3 N–H and O–H groups in total. The second-order valence-corrected chi connectivity index (χ2v) is 9.18. The first-order valence-electron chi connectivity index (χ1n) is 12.4. The van der Waals surface area contributed by atoms with E-state index in [2.05, 4.69) is 35.5 Å². The van der Waals surface area contributed by atoms with Crippen LogP contribution in [0.5, 0.6) is 0 Å². The normalized spacial score (nSPS) is 11.3. The summed E-state index contributed by atoms with van der Waals surface area (Å²) >= 11 is 0. The Balaban J connectivity index is 1.21. The van der Waals surface area contributed by atoms with Gasteiger partial charge >= 0.3 is 0 Å². The lowest BCUT2D eigenvalue weighted by molar-refractivity contribution is -0.115. The highest BCUT2D eigenvalue weighted by molar-refractivity contribution is 6.00. The van der Waals surface area contributed by atoms with Crippen LogP contribution in [-0.4, -0.2) is 36.0 Å². The Morgan fingerprint density at radius 3 is 2.64 bits per heavy atom. The van der Waals surface area contributed by atoms with E-state index in [1.807, 2.05) is 60.7 Å². The van der Waals surface area contributed by atoms with Crippen molar-refractivity contribution in [3.8, 4) is 33.9 Å². The van der Waals surface area contributed by atoms with Crippen LogP contribution in [0, 0.1) is 0 Å². The van der Waals surface area contributed by atoms with Crippen LogP contribution in [0.1, 0.15) is 5.56 Å². The molecule has 39 heavy (non-hydrogen) atoms. The highest BCUT2D eigenvalue weighted by atomic mass is 16.3. The number of H-pyrrole nitrogens is 2. The fraction of sp³-hybridized carbons (Fsp3) is 0.0333. The van der Waals surface area contributed by atoms with Gasteiger partial charge in [0.1, 0.15) is 5.69 Å². The van der Waals surface area contributed by atoms with E-state index < -0.39 is 0 Å². The molecular formula is C30H21N7O2. The first-order chi connectivity index (χ1) is 19.2. The SMILES string of the molecule is O=C(Cc1ccccc1)Nc1cncc(-c2cc3c(-c4cc5c(-c6ccoc6)nccc5[nH]4)n[nH]c3cn2)c1. The summed E-state index contributed by atoms with van der Waals surface area (Å²) in [6.45, 7) is 0. The molecule has 0 fully saturated rings. The number of amides is 1. The second-order valence-electron chi connectivity index (χ2n) is 9.18. The number of nitrogens with one attached hydrogen (secondary N) is 3. The van der Waals surface area contributed by atoms with Gasteiger partial charge in [-0.2, -0.15) is 5.10 Å². The van der Waals surface area contributed by atoms with Gasteiger partial charge in [0.25, 0.3) is 0 Å². The number of fused-ring (bicyclic) bond motifs is 2. The molecular weight excluding hydrogens is 490 g/mol. The molecule has 0 bridgehead atoms. The minimum Gasteiger partial charge on any atom is -0.472 e. The van der Waals surface area contributed by atoms with Gasteiger partial charge in [-0.1, -0.05) is 30.3 Å². The van der Waals surface area contributed by atoms with Crippen LogP contribution in [0.25, 0.3) is 55.7 Å². The van der Waals surface area contributed by atoms with Crippen molar-refractivity contribution in [1.29, 1.82) is 0 Å². The molecule has 0 spiro atoms. The summed E-state index contributed by atoms with van der Waals surface area (Å²) < 4.78 is 5.26. The van der Waals surface area contributed by atoms with Crippen molar-refractivity contribution in [3.63, 3.8) is 0 Å². The maximum atomic E-state index is 12.6. The van der Waals surface area contributed by atoms with E-state index in [4.69, 9.17) is 4.42 Å². The predicted octanol–water partition coefficient (Wildman–Crippen LogP) is 6.00. The van der Waals surface area contributed by atoms with E-state index in [-0.39, 0.29) is 12.3 Å². The molecule has 9 nitrogen and oxygen atoms in total. The van der Waals surface area contributed by atoms with Gasteiger partial charge in [-0.3, -0.25) is 24.8 Å². The topological polar surface area (TPSA) is 125 Å². The monoisotopic (exact) mass is 511 g/mol. The van der Waals surface area contributed by atoms with Gasteiger partial charge in [-0.15, -0.1) is 0 Å². The summed E-state index contributed by atoms with van der Waals surface area (Å²) in [7, 11) is 0. The van der Waals surface area contributed by atoms with Crippen molar-refractivity contribution >= 4 is 33.4 Å². The molecule has 0 aliphatic heterocycles. The lowest BCUT2D eigenvalue weighted by Crippen LogP contribution is -2.14. The summed E-state index contributed by atoms with van der Waals surface area (Å²) in [6, 6.07) is 19.3.